The maximum absolute atomic E-state index is 11.1. The lowest BCUT2D eigenvalue weighted by Gasteiger charge is -2.25. The number of nitrogens with two attached hydrogens (primary N) is 1. The molecule has 9 nitrogen and oxygen atoms in total. The van der Waals surface area contributed by atoms with E-state index < -0.39 is 11.9 Å². The van der Waals surface area contributed by atoms with Crippen molar-refractivity contribution in [3.63, 3.8) is 0 Å². The van der Waals surface area contributed by atoms with E-state index in [1.54, 1.807) is 17.2 Å². The van der Waals surface area contributed by atoms with Gasteiger partial charge in [0.15, 0.2) is 5.58 Å². The number of benzene rings is 1. The Kier molecular flexibility index (Phi) is 4.70. The Balaban J connectivity index is 1.88. The van der Waals surface area contributed by atoms with Gasteiger partial charge in [-0.2, -0.15) is 0 Å². The van der Waals surface area contributed by atoms with Crippen LogP contribution in [-0.2, 0) is 4.79 Å². The molecule has 0 aliphatic carbocycles. The molecule has 9 heteroatoms. The average Bonchev–Trinajstić information content (AvgIpc) is 3.18. The zero-order chi connectivity index (χ0) is 18.8. The molecule has 0 fully saturated rings. The van der Waals surface area contributed by atoms with Crippen LogP contribution in [0.4, 0.5) is 0 Å². The van der Waals surface area contributed by atoms with Crippen molar-refractivity contribution in [2.75, 3.05) is 6.54 Å². The van der Waals surface area contributed by atoms with Gasteiger partial charge in [0.2, 0.25) is 11.8 Å². The zero-order valence-electron chi connectivity index (χ0n) is 14.4. The first-order valence-electron chi connectivity index (χ1n) is 8.14. The first-order valence-corrected chi connectivity index (χ1v) is 8.14. The van der Waals surface area contributed by atoms with Gasteiger partial charge in [0.1, 0.15) is 11.6 Å². The molecule has 2 heterocycles. The summed E-state index contributed by atoms with van der Waals surface area (Å²) in [5, 5.41) is 19.1. The van der Waals surface area contributed by atoms with Gasteiger partial charge >= 0.3 is 5.97 Å². The third-order valence-electron chi connectivity index (χ3n) is 4.01. The maximum atomic E-state index is 11.1. The van der Waals surface area contributed by atoms with Crippen LogP contribution in [0.5, 0.6) is 0 Å². The van der Waals surface area contributed by atoms with Crippen LogP contribution in [0.1, 0.15) is 42.6 Å². The zero-order valence-corrected chi connectivity index (χ0v) is 14.4. The molecular formula is C17H19N5O4. The number of amides is 1. The second-order valence-electron chi connectivity index (χ2n) is 6.38. The Morgan fingerprint density at radius 2 is 2.19 bits per heavy atom. The number of nitrogens with zero attached hydrogens (tertiary/aromatic N) is 4. The number of carboxylic acid groups (broad SMARTS) is 1. The molecule has 2 aromatic rings. The lowest BCUT2D eigenvalue weighted by Crippen LogP contribution is -2.26. The van der Waals surface area contributed by atoms with Gasteiger partial charge in [0.05, 0.1) is 17.8 Å². The van der Waals surface area contributed by atoms with Crippen molar-refractivity contribution in [2.24, 2.45) is 22.0 Å². The van der Waals surface area contributed by atoms with Crippen molar-refractivity contribution in [1.29, 1.82) is 0 Å². The van der Waals surface area contributed by atoms with Crippen LogP contribution in [0.15, 0.2) is 44.7 Å². The van der Waals surface area contributed by atoms with Gasteiger partial charge in [0.25, 0.3) is 0 Å². The SMILES string of the molecule is CC(C)C(c1nc2ccc(C(=O)O)cc2o1)N1C/C(=C/CC(N)=O)N=N1. The number of hydrogen-bond donors (Lipinski definition) is 2. The molecule has 0 saturated heterocycles. The molecule has 1 aromatic carbocycles. The highest BCUT2D eigenvalue weighted by atomic mass is 16.4. The Morgan fingerprint density at radius 3 is 2.85 bits per heavy atom. The van der Waals surface area contributed by atoms with Crippen LogP contribution in [-0.4, -0.2) is 33.5 Å². The molecule has 0 bridgehead atoms. The Hall–Kier alpha value is -3.23. The first-order chi connectivity index (χ1) is 12.3. The average molecular weight is 357 g/mol. The molecule has 1 unspecified atom stereocenters. The Morgan fingerprint density at radius 1 is 1.42 bits per heavy atom. The topological polar surface area (TPSA) is 134 Å². The third-order valence-corrected chi connectivity index (χ3v) is 4.01. The standard InChI is InChI=1S/C17H19N5O4/c1-9(2)15(22-8-11(20-21-22)4-6-14(18)23)16-19-12-5-3-10(17(24)25)7-13(12)26-16/h3-5,7,9,15H,6,8H2,1-2H3,(H2,18,23)(H,24,25)/b11-4-. The monoisotopic (exact) mass is 357 g/mol. The van der Waals surface area contributed by atoms with Crippen molar-refractivity contribution in [3.05, 3.63) is 41.4 Å². The van der Waals surface area contributed by atoms with Crippen molar-refractivity contribution in [1.82, 2.24) is 9.99 Å². The number of oxazole rings is 1. The van der Waals surface area contributed by atoms with E-state index in [4.69, 9.17) is 15.3 Å². The highest BCUT2D eigenvalue weighted by molar-refractivity contribution is 5.91. The number of hydrogen-bond acceptors (Lipinski definition) is 7. The van der Waals surface area contributed by atoms with E-state index in [9.17, 15) is 9.59 Å². The summed E-state index contributed by atoms with van der Waals surface area (Å²) in [6.45, 7) is 4.42. The summed E-state index contributed by atoms with van der Waals surface area (Å²) in [5.74, 6) is -0.910. The summed E-state index contributed by atoms with van der Waals surface area (Å²) < 4.78 is 5.82. The molecule has 26 heavy (non-hydrogen) atoms. The van der Waals surface area contributed by atoms with Crippen LogP contribution < -0.4 is 5.73 Å². The van der Waals surface area contributed by atoms with Gasteiger partial charge in [-0.15, -0.1) is 5.11 Å². The highest BCUT2D eigenvalue weighted by Crippen LogP contribution is 2.34. The Bertz CT molecular complexity index is 915. The number of aromatic carboxylic acids is 1. The quantitative estimate of drug-likeness (QED) is 0.816. The fourth-order valence-electron chi connectivity index (χ4n) is 2.78. The summed E-state index contributed by atoms with van der Waals surface area (Å²) in [5.41, 5.74) is 6.92. The third kappa shape index (κ3) is 3.56. The van der Waals surface area contributed by atoms with Gasteiger partial charge in [-0.25, -0.2) is 9.78 Å². The molecule has 1 amide bonds. The minimum absolute atomic E-state index is 0.107. The molecule has 0 spiro atoms. The van der Waals surface area contributed by atoms with E-state index >= 15 is 0 Å². The fraction of sp³-hybridized carbons (Fsp3) is 0.353. The van der Waals surface area contributed by atoms with Gasteiger partial charge in [-0.3, -0.25) is 9.80 Å². The fourth-order valence-corrected chi connectivity index (χ4v) is 2.78. The number of carbonyl (C=O) groups excluding carboxylic acids is 1. The lowest BCUT2D eigenvalue weighted by atomic mass is 10.0. The number of rotatable bonds is 6. The molecular weight excluding hydrogens is 338 g/mol. The maximum Gasteiger partial charge on any atom is 0.335 e. The van der Waals surface area contributed by atoms with E-state index in [0.29, 0.717) is 29.2 Å². The molecule has 1 aliphatic rings. The van der Waals surface area contributed by atoms with E-state index in [1.165, 1.54) is 12.1 Å². The van der Waals surface area contributed by atoms with Crippen molar-refractivity contribution >= 4 is 23.0 Å². The van der Waals surface area contributed by atoms with E-state index in [2.05, 4.69) is 15.3 Å². The molecule has 1 aliphatic heterocycles. The molecule has 3 N–H and O–H groups in total. The van der Waals surface area contributed by atoms with Gasteiger partial charge in [0, 0.05) is 6.42 Å². The van der Waals surface area contributed by atoms with Gasteiger partial charge in [-0.05, 0) is 30.2 Å². The summed E-state index contributed by atoms with van der Waals surface area (Å²) in [6.07, 6.45) is 1.75. The molecule has 1 aromatic heterocycles. The summed E-state index contributed by atoms with van der Waals surface area (Å²) in [6, 6.07) is 4.28. The molecule has 136 valence electrons. The molecule has 0 radical (unpaired) electrons. The minimum atomic E-state index is -1.03. The van der Waals surface area contributed by atoms with Crippen molar-refractivity contribution in [2.45, 2.75) is 26.3 Å². The van der Waals surface area contributed by atoms with Crippen molar-refractivity contribution < 1.29 is 19.1 Å². The first kappa shape index (κ1) is 17.6. The van der Waals surface area contributed by atoms with Crippen LogP contribution in [0.25, 0.3) is 11.1 Å². The minimum Gasteiger partial charge on any atom is -0.478 e. The van der Waals surface area contributed by atoms with E-state index in [1.807, 2.05) is 13.8 Å². The Labute approximate surface area is 149 Å². The summed E-state index contributed by atoms with van der Waals surface area (Å²) in [7, 11) is 0. The predicted molar refractivity (Wildman–Crippen MR) is 92.0 cm³/mol. The number of carbonyl (C=O) groups is 2. The predicted octanol–water partition coefficient (Wildman–Crippen LogP) is 2.67. The number of carboxylic acids is 1. The highest BCUT2D eigenvalue weighted by Gasteiger charge is 2.31. The summed E-state index contributed by atoms with van der Waals surface area (Å²) in [4.78, 5) is 26.5. The number of primary amides is 1. The normalized spacial score (nSPS) is 16.7. The van der Waals surface area contributed by atoms with Gasteiger partial charge < -0.3 is 15.3 Å². The van der Waals surface area contributed by atoms with Gasteiger partial charge in [-0.1, -0.05) is 19.1 Å². The lowest BCUT2D eigenvalue weighted by molar-refractivity contribution is -0.117. The number of aromatic nitrogens is 1. The molecule has 3 rings (SSSR count). The molecule has 1 atom stereocenters. The second kappa shape index (κ2) is 6.95. The van der Waals surface area contributed by atoms with Crippen LogP contribution in [0, 0.1) is 5.92 Å². The summed E-state index contributed by atoms with van der Waals surface area (Å²) >= 11 is 0. The molecule has 0 saturated carbocycles. The smallest absolute Gasteiger partial charge is 0.335 e. The number of fused-ring (bicyclic) bond motifs is 1. The van der Waals surface area contributed by atoms with Crippen molar-refractivity contribution in [3.8, 4) is 0 Å². The van der Waals surface area contributed by atoms with Crippen LogP contribution >= 0.6 is 0 Å². The van der Waals surface area contributed by atoms with Crippen LogP contribution in [0.3, 0.4) is 0 Å². The largest absolute Gasteiger partial charge is 0.478 e. The van der Waals surface area contributed by atoms with E-state index in [0.717, 1.165) is 0 Å². The van der Waals surface area contributed by atoms with E-state index in [-0.39, 0.29) is 23.9 Å². The van der Waals surface area contributed by atoms with Crippen LogP contribution in [0.2, 0.25) is 0 Å². The second-order valence-corrected chi connectivity index (χ2v) is 6.38.